The number of benzene rings is 2. The van der Waals surface area contributed by atoms with Crippen molar-refractivity contribution in [2.24, 2.45) is 5.73 Å². The SMILES string of the molecule is Cc1c(N[C@@H](C(N)=O)c2ccc(C#N)cc2)cnn1-c1ccccc1. The van der Waals surface area contributed by atoms with E-state index in [-0.39, 0.29) is 0 Å². The highest BCUT2D eigenvalue weighted by Gasteiger charge is 2.20. The predicted molar refractivity (Wildman–Crippen MR) is 95.0 cm³/mol. The van der Waals surface area contributed by atoms with Gasteiger partial charge in [-0.2, -0.15) is 10.4 Å². The Hall–Kier alpha value is -3.59. The molecule has 0 bridgehead atoms. The molecule has 124 valence electrons. The van der Waals surface area contributed by atoms with Gasteiger partial charge in [-0.3, -0.25) is 4.79 Å². The quantitative estimate of drug-likeness (QED) is 0.751. The monoisotopic (exact) mass is 331 g/mol. The van der Waals surface area contributed by atoms with E-state index in [4.69, 9.17) is 11.0 Å². The summed E-state index contributed by atoms with van der Waals surface area (Å²) in [4.78, 5) is 11.9. The van der Waals surface area contributed by atoms with Gasteiger partial charge < -0.3 is 11.1 Å². The first-order valence-electron chi connectivity index (χ1n) is 7.76. The van der Waals surface area contributed by atoms with Gasteiger partial charge in [0.05, 0.1) is 34.9 Å². The van der Waals surface area contributed by atoms with Gasteiger partial charge in [0.15, 0.2) is 0 Å². The number of amides is 1. The minimum atomic E-state index is -0.708. The van der Waals surface area contributed by atoms with Gasteiger partial charge in [0.1, 0.15) is 6.04 Å². The first-order valence-corrected chi connectivity index (χ1v) is 7.76. The normalized spacial score (nSPS) is 11.5. The molecule has 6 nitrogen and oxygen atoms in total. The van der Waals surface area contributed by atoms with E-state index in [1.54, 1.807) is 35.1 Å². The molecular formula is C19H17N5O. The number of hydrogen-bond donors (Lipinski definition) is 2. The molecule has 0 saturated heterocycles. The van der Waals surface area contributed by atoms with Crippen LogP contribution in [0, 0.1) is 18.3 Å². The Labute approximate surface area is 145 Å². The summed E-state index contributed by atoms with van der Waals surface area (Å²) in [6.07, 6.45) is 1.67. The fraction of sp³-hybridized carbons (Fsp3) is 0.105. The molecule has 3 N–H and O–H groups in total. The van der Waals surface area contributed by atoms with Gasteiger partial charge >= 0.3 is 0 Å². The average Bonchev–Trinajstić information content (AvgIpc) is 3.01. The molecule has 3 rings (SSSR count). The van der Waals surface area contributed by atoms with Crippen molar-refractivity contribution in [3.05, 3.63) is 77.6 Å². The van der Waals surface area contributed by atoms with Crippen molar-refractivity contribution in [3.8, 4) is 11.8 Å². The van der Waals surface area contributed by atoms with E-state index < -0.39 is 11.9 Å². The van der Waals surface area contributed by atoms with Crippen LogP contribution < -0.4 is 11.1 Å². The van der Waals surface area contributed by atoms with Gasteiger partial charge in [-0.25, -0.2) is 4.68 Å². The van der Waals surface area contributed by atoms with Gasteiger partial charge in [0.2, 0.25) is 5.91 Å². The van der Waals surface area contributed by atoms with Crippen molar-refractivity contribution in [1.82, 2.24) is 9.78 Å². The lowest BCUT2D eigenvalue weighted by Gasteiger charge is -2.17. The number of rotatable bonds is 5. The van der Waals surface area contributed by atoms with Crippen molar-refractivity contribution in [2.45, 2.75) is 13.0 Å². The minimum Gasteiger partial charge on any atom is -0.368 e. The number of carbonyl (C=O) groups excluding carboxylic acids is 1. The number of nitrogens with one attached hydrogen (secondary N) is 1. The van der Waals surface area contributed by atoms with Gasteiger partial charge in [-0.15, -0.1) is 0 Å². The van der Waals surface area contributed by atoms with E-state index in [0.717, 1.165) is 17.1 Å². The molecule has 1 amide bonds. The fourth-order valence-corrected chi connectivity index (χ4v) is 2.61. The Balaban J connectivity index is 1.90. The lowest BCUT2D eigenvalue weighted by Crippen LogP contribution is -2.27. The molecule has 0 spiro atoms. The first-order chi connectivity index (χ1) is 12.1. The van der Waals surface area contributed by atoms with Gasteiger partial charge in [-0.05, 0) is 36.8 Å². The summed E-state index contributed by atoms with van der Waals surface area (Å²) < 4.78 is 1.79. The van der Waals surface area contributed by atoms with Crippen LogP contribution in [0.25, 0.3) is 5.69 Å². The van der Waals surface area contributed by atoms with Crippen LogP contribution in [0.15, 0.2) is 60.8 Å². The summed E-state index contributed by atoms with van der Waals surface area (Å²) in [5, 5.41) is 16.4. The molecule has 0 saturated carbocycles. The molecule has 0 fully saturated rings. The average molecular weight is 331 g/mol. The molecule has 0 aliphatic carbocycles. The molecule has 0 unspecified atom stereocenters. The number of primary amides is 1. The second-order valence-electron chi connectivity index (χ2n) is 5.60. The maximum Gasteiger partial charge on any atom is 0.244 e. The molecule has 1 aromatic heterocycles. The van der Waals surface area contributed by atoms with Crippen LogP contribution in [0.2, 0.25) is 0 Å². The molecule has 2 aromatic carbocycles. The van der Waals surface area contributed by atoms with Crippen LogP contribution in [-0.2, 0) is 4.79 Å². The highest BCUT2D eigenvalue weighted by atomic mass is 16.1. The number of aromatic nitrogens is 2. The maximum atomic E-state index is 11.9. The van der Waals surface area contributed by atoms with Crippen LogP contribution in [0.5, 0.6) is 0 Å². The van der Waals surface area contributed by atoms with Crippen molar-refractivity contribution in [2.75, 3.05) is 5.32 Å². The topological polar surface area (TPSA) is 96.7 Å². The summed E-state index contributed by atoms with van der Waals surface area (Å²) in [5.74, 6) is -0.503. The second kappa shape index (κ2) is 6.89. The summed E-state index contributed by atoms with van der Waals surface area (Å²) in [6, 6.07) is 17.8. The van der Waals surface area contributed by atoms with Crippen molar-refractivity contribution in [1.29, 1.82) is 5.26 Å². The smallest absolute Gasteiger partial charge is 0.244 e. The molecule has 0 aliphatic rings. The Kier molecular flexibility index (Phi) is 4.48. The molecular weight excluding hydrogens is 314 g/mol. The van der Waals surface area contributed by atoms with Gasteiger partial charge in [-0.1, -0.05) is 30.3 Å². The predicted octanol–water partition coefficient (Wildman–Crippen LogP) is 2.69. The Morgan fingerprint density at radius 2 is 1.88 bits per heavy atom. The van der Waals surface area contributed by atoms with Gasteiger partial charge in [0, 0.05) is 0 Å². The lowest BCUT2D eigenvalue weighted by atomic mass is 10.0. The number of anilines is 1. The summed E-state index contributed by atoms with van der Waals surface area (Å²) >= 11 is 0. The zero-order chi connectivity index (χ0) is 17.8. The minimum absolute atomic E-state index is 0.503. The number of hydrogen-bond acceptors (Lipinski definition) is 4. The highest BCUT2D eigenvalue weighted by molar-refractivity contribution is 5.84. The lowest BCUT2D eigenvalue weighted by molar-refractivity contribution is -0.118. The Morgan fingerprint density at radius 1 is 1.20 bits per heavy atom. The van der Waals surface area contributed by atoms with Crippen LogP contribution in [0.3, 0.4) is 0 Å². The Bertz CT molecular complexity index is 923. The third-order valence-electron chi connectivity index (χ3n) is 3.97. The highest BCUT2D eigenvalue weighted by Crippen LogP contribution is 2.24. The third kappa shape index (κ3) is 3.35. The largest absolute Gasteiger partial charge is 0.368 e. The van der Waals surface area contributed by atoms with E-state index in [1.807, 2.05) is 37.3 Å². The van der Waals surface area contributed by atoms with E-state index in [9.17, 15) is 4.79 Å². The second-order valence-corrected chi connectivity index (χ2v) is 5.60. The van der Waals surface area contributed by atoms with Crippen molar-refractivity contribution < 1.29 is 4.79 Å². The molecule has 1 atom stereocenters. The number of carbonyl (C=O) groups is 1. The van der Waals surface area contributed by atoms with Crippen LogP contribution in [0.4, 0.5) is 5.69 Å². The van der Waals surface area contributed by atoms with Crippen LogP contribution in [0.1, 0.15) is 22.9 Å². The zero-order valence-corrected chi connectivity index (χ0v) is 13.7. The van der Waals surface area contributed by atoms with E-state index in [0.29, 0.717) is 11.1 Å². The molecule has 3 aromatic rings. The zero-order valence-electron chi connectivity index (χ0n) is 13.7. The number of nitrogens with zero attached hydrogens (tertiary/aromatic N) is 3. The molecule has 25 heavy (non-hydrogen) atoms. The van der Waals surface area contributed by atoms with Crippen LogP contribution >= 0.6 is 0 Å². The Morgan fingerprint density at radius 3 is 2.48 bits per heavy atom. The fourth-order valence-electron chi connectivity index (χ4n) is 2.61. The van der Waals surface area contributed by atoms with E-state index in [2.05, 4.69) is 16.5 Å². The van der Waals surface area contributed by atoms with E-state index in [1.165, 1.54) is 0 Å². The first kappa shape index (κ1) is 16.3. The number of nitrogens with two attached hydrogens (primary N) is 1. The van der Waals surface area contributed by atoms with Gasteiger partial charge in [0.25, 0.3) is 0 Å². The van der Waals surface area contributed by atoms with Crippen molar-refractivity contribution in [3.63, 3.8) is 0 Å². The van der Waals surface area contributed by atoms with Crippen LogP contribution in [-0.4, -0.2) is 15.7 Å². The molecule has 0 radical (unpaired) electrons. The summed E-state index contributed by atoms with van der Waals surface area (Å²) in [7, 11) is 0. The maximum absolute atomic E-state index is 11.9. The number of nitriles is 1. The third-order valence-corrected chi connectivity index (χ3v) is 3.97. The van der Waals surface area contributed by atoms with Crippen molar-refractivity contribution >= 4 is 11.6 Å². The number of para-hydroxylation sites is 1. The van der Waals surface area contributed by atoms with E-state index >= 15 is 0 Å². The standard InChI is InChI=1S/C19H17N5O/c1-13-17(12-22-24(13)16-5-3-2-4-6-16)23-18(19(21)25)15-9-7-14(11-20)8-10-15/h2-10,12,18,23H,1H3,(H2,21,25)/t18-/m1/s1. The summed E-state index contributed by atoms with van der Waals surface area (Å²) in [5.41, 5.74) is 9.30. The molecule has 0 aliphatic heterocycles. The summed E-state index contributed by atoms with van der Waals surface area (Å²) in [6.45, 7) is 1.92. The molecule has 1 heterocycles. The molecule has 6 heteroatoms.